The fourth-order valence-corrected chi connectivity index (χ4v) is 2.30. The maximum Gasteiger partial charge on any atom is 0.408 e. The molecule has 5 nitrogen and oxygen atoms in total. The van der Waals surface area contributed by atoms with Crippen molar-refractivity contribution in [3.63, 3.8) is 0 Å². The Morgan fingerprint density at radius 2 is 1.88 bits per heavy atom. The number of carbonyl (C=O) groups excluding carboxylic acids is 2. The van der Waals surface area contributed by atoms with Crippen molar-refractivity contribution in [1.29, 1.82) is 0 Å². The molecular weight excluding hydrogens is 306 g/mol. The van der Waals surface area contributed by atoms with E-state index in [-0.39, 0.29) is 11.7 Å². The van der Waals surface area contributed by atoms with Crippen molar-refractivity contribution in [2.75, 3.05) is 7.11 Å². The number of aryl methyl sites for hydroxylation is 1. The number of ether oxygens (including phenoxy) is 2. The van der Waals surface area contributed by atoms with Crippen LogP contribution in [0.25, 0.3) is 0 Å². The summed E-state index contributed by atoms with van der Waals surface area (Å²) in [6.45, 7) is 9.20. The predicted molar refractivity (Wildman–Crippen MR) is 94.3 cm³/mol. The first kappa shape index (κ1) is 20.0. The Bertz CT molecular complexity index is 561. The van der Waals surface area contributed by atoms with Crippen LogP contribution in [0.2, 0.25) is 0 Å². The van der Waals surface area contributed by atoms with Gasteiger partial charge >= 0.3 is 6.09 Å². The molecule has 1 rings (SSSR count). The van der Waals surface area contributed by atoms with E-state index in [0.717, 1.165) is 11.3 Å². The molecule has 5 heteroatoms. The maximum absolute atomic E-state index is 12.5. The van der Waals surface area contributed by atoms with Crippen LogP contribution in [0.5, 0.6) is 5.75 Å². The quantitative estimate of drug-likeness (QED) is 0.824. The SMILES string of the molecule is COc1cccc(CCC(=O)[C@H](NC(=O)OC(C)(C)C)C(C)C)c1. The van der Waals surface area contributed by atoms with Gasteiger partial charge < -0.3 is 14.8 Å². The van der Waals surface area contributed by atoms with Crippen LogP contribution in [0.4, 0.5) is 4.79 Å². The zero-order chi connectivity index (χ0) is 18.3. The van der Waals surface area contributed by atoms with Crippen molar-refractivity contribution in [2.24, 2.45) is 5.92 Å². The Labute approximate surface area is 144 Å². The molecule has 0 saturated carbocycles. The van der Waals surface area contributed by atoms with Gasteiger partial charge in [0, 0.05) is 6.42 Å². The molecule has 0 aliphatic rings. The van der Waals surface area contributed by atoms with E-state index in [1.165, 1.54) is 0 Å². The van der Waals surface area contributed by atoms with Crippen LogP contribution in [0, 0.1) is 5.92 Å². The zero-order valence-electron chi connectivity index (χ0n) is 15.5. The van der Waals surface area contributed by atoms with E-state index in [1.807, 2.05) is 38.1 Å². The van der Waals surface area contributed by atoms with Crippen molar-refractivity contribution in [3.8, 4) is 5.75 Å². The van der Waals surface area contributed by atoms with Crippen molar-refractivity contribution < 1.29 is 19.1 Å². The molecule has 0 aromatic heterocycles. The second kappa shape index (κ2) is 8.71. The molecule has 0 heterocycles. The first-order valence-electron chi connectivity index (χ1n) is 8.27. The van der Waals surface area contributed by atoms with E-state index < -0.39 is 17.7 Å². The van der Waals surface area contributed by atoms with E-state index in [2.05, 4.69) is 5.32 Å². The smallest absolute Gasteiger partial charge is 0.408 e. The summed E-state index contributed by atoms with van der Waals surface area (Å²) >= 11 is 0. The van der Waals surface area contributed by atoms with Crippen LogP contribution in [0.15, 0.2) is 24.3 Å². The third-order valence-corrected chi connectivity index (χ3v) is 3.48. The molecule has 1 N–H and O–H groups in total. The van der Waals surface area contributed by atoms with Gasteiger partial charge in [0.25, 0.3) is 0 Å². The molecule has 1 aromatic carbocycles. The summed E-state index contributed by atoms with van der Waals surface area (Å²) in [5.74, 6) is 0.765. The second-order valence-corrected chi connectivity index (χ2v) is 7.19. The Morgan fingerprint density at radius 1 is 1.21 bits per heavy atom. The van der Waals surface area contributed by atoms with Crippen LogP contribution in [-0.4, -0.2) is 30.6 Å². The van der Waals surface area contributed by atoms with E-state index >= 15 is 0 Å². The number of methoxy groups -OCH3 is 1. The number of rotatable bonds is 7. The molecule has 1 aromatic rings. The average Bonchev–Trinajstić information content (AvgIpc) is 2.48. The normalized spacial score (nSPS) is 12.6. The fourth-order valence-electron chi connectivity index (χ4n) is 2.30. The number of nitrogens with one attached hydrogen (secondary N) is 1. The number of carbonyl (C=O) groups is 2. The lowest BCUT2D eigenvalue weighted by atomic mass is 9.95. The number of benzene rings is 1. The molecule has 0 saturated heterocycles. The van der Waals surface area contributed by atoms with E-state index in [0.29, 0.717) is 12.8 Å². The van der Waals surface area contributed by atoms with E-state index in [9.17, 15) is 9.59 Å². The van der Waals surface area contributed by atoms with Gasteiger partial charge in [0.05, 0.1) is 13.2 Å². The summed E-state index contributed by atoms with van der Waals surface area (Å²) in [5.41, 5.74) is 0.442. The van der Waals surface area contributed by atoms with Crippen molar-refractivity contribution in [1.82, 2.24) is 5.32 Å². The van der Waals surface area contributed by atoms with Gasteiger partial charge in [0.15, 0.2) is 5.78 Å². The molecule has 24 heavy (non-hydrogen) atoms. The Morgan fingerprint density at radius 3 is 2.42 bits per heavy atom. The molecule has 134 valence electrons. The van der Waals surface area contributed by atoms with Gasteiger partial charge in [-0.25, -0.2) is 4.79 Å². The van der Waals surface area contributed by atoms with Crippen LogP contribution < -0.4 is 10.1 Å². The molecule has 0 aliphatic carbocycles. The first-order chi connectivity index (χ1) is 11.1. The summed E-state index contributed by atoms with van der Waals surface area (Å²) in [6.07, 6.45) is 0.400. The highest BCUT2D eigenvalue weighted by molar-refractivity contribution is 5.87. The summed E-state index contributed by atoms with van der Waals surface area (Å²) in [6, 6.07) is 7.09. The van der Waals surface area contributed by atoms with Gasteiger partial charge in [-0.15, -0.1) is 0 Å². The lowest BCUT2D eigenvalue weighted by Crippen LogP contribution is -2.46. The van der Waals surface area contributed by atoms with Gasteiger partial charge in [-0.2, -0.15) is 0 Å². The maximum atomic E-state index is 12.5. The highest BCUT2D eigenvalue weighted by atomic mass is 16.6. The third-order valence-electron chi connectivity index (χ3n) is 3.48. The lowest BCUT2D eigenvalue weighted by molar-refractivity contribution is -0.122. The van der Waals surface area contributed by atoms with Gasteiger partial charge in [-0.05, 0) is 50.8 Å². The number of hydrogen-bond acceptors (Lipinski definition) is 4. The molecule has 0 radical (unpaired) electrons. The fraction of sp³-hybridized carbons (Fsp3) is 0.579. The van der Waals surface area contributed by atoms with E-state index in [4.69, 9.17) is 9.47 Å². The molecule has 1 amide bonds. The van der Waals surface area contributed by atoms with Gasteiger partial charge in [0.2, 0.25) is 0 Å². The minimum atomic E-state index is -0.588. The van der Waals surface area contributed by atoms with Crippen LogP contribution in [0.1, 0.15) is 46.6 Å². The highest BCUT2D eigenvalue weighted by Gasteiger charge is 2.26. The van der Waals surface area contributed by atoms with Crippen LogP contribution >= 0.6 is 0 Å². The molecule has 1 atom stereocenters. The lowest BCUT2D eigenvalue weighted by Gasteiger charge is -2.25. The number of hydrogen-bond donors (Lipinski definition) is 1. The number of alkyl carbamates (subject to hydrolysis) is 1. The van der Waals surface area contributed by atoms with Crippen molar-refractivity contribution >= 4 is 11.9 Å². The number of Topliss-reactive ketones (excluding diaryl/α,β-unsaturated/α-hetero) is 1. The average molecular weight is 335 g/mol. The third kappa shape index (κ3) is 7.02. The predicted octanol–water partition coefficient (Wildman–Crippen LogP) is 3.75. The van der Waals surface area contributed by atoms with E-state index in [1.54, 1.807) is 27.9 Å². The van der Waals surface area contributed by atoms with Gasteiger partial charge in [-0.3, -0.25) is 4.79 Å². The second-order valence-electron chi connectivity index (χ2n) is 7.19. The Kier molecular flexibility index (Phi) is 7.26. The zero-order valence-corrected chi connectivity index (χ0v) is 15.5. The summed E-state index contributed by atoms with van der Waals surface area (Å²) in [5, 5.41) is 2.70. The van der Waals surface area contributed by atoms with Crippen LogP contribution in [0.3, 0.4) is 0 Å². The van der Waals surface area contributed by atoms with Crippen molar-refractivity contribution in [2.45, 2.75) is 59.1 Å². The molecule has 0 aliphatic heterocycles. The Balaban J connectivity index is 2.64. The topological polar surface area (TPSA) is 64.6 Å². The Hall–Kier alpha value is -2.04. The summed E-state index contributed by atoms with van der Waals surface area (Å²) in [4.78, 5) is 24.4. The molecular formula is C19H29NO4. The molecule has 0 unspecified atom stereocenters. The first-order valence-corrected chi connectivity index (χ1v) is 8.27. The standard InChI is InChI=1S/C19H29NO4/c1-13(2)17(20-18(22)24-19(3,4)5)16(21)11-10-14-8-7-9-15(12-14)23-6/h7-9,12-13,17H,10-11H2,1-6H3,(H,20,22)/t17-/m1/s1. The number of ketones is 1. The summed E-state index contributed by atoms with van der Waals surface area (Å²) in [7, 11) is 1.61. The largest absolute Gasteiger partial charge is 0.497 e. The molecule has 0 fully saturated rings. The molecule has 0 spiro atoms. The van der Waals surface area contributed by atoms with Crippen molar-refractivity contribution in [3.05, 3.63) is 29.8 Å². The monoisotopic (exact) mass is 335 g/mol. The van der Waals surface area contributed by atoms with Crippen LogP contribution in [-0.2, 0) is 16.0 Å². The van der Waals surface area contributed by atoms with Gasteiger partial charge in [0.1, 0.15) is 11.4 Å². The minimum absolute atomic E-state index is 0.00122. The summed E-state index contributed by atoms with van der Waals surface area (Å²) < 4.78 is 10.4. The minimum Gasteiger partial charge on any atom is -0.497 e. The van der Waals surface area contributed by atoms with Gasteiger partial charge in [-0.1, -0.05) is 26.0 Å². The molecule has 0 bridgehead atoms. The number of amides is 1. The highest BCUT2D eigenvalue weighted by Crippen LogP contribution is 2.16.